The Bertz CT molecular complexity index is 406. The molecule has 4 nitrogen and oxygen atoms in total. The fraction of sp³-hybridized carbons (Fsp3) is 0.462. The molecule has 1 aromatic rings. The standard InChI is InChI=1S/C13H19BO4/c1-5-9(2)18-12-8-10(13(15)16-3)6-7-11(12)14-17-4/h6-9,14H,5H2,1-4H3. The van der Waals surface area contributed by atoms with Gasteiger partial charge in [0.1, 0.15) is 5.75 Å². The van der Waals surface area contributed by atoms with Gasteiger partial charge >= 0.3 is 13.5 Å². The summed E-state index contributed by atoms with van der Waals surface area (Å²) in [5.74, 6) is 0.307. The maximum absolute atomic E-state index is 11.5. The Morgan fingerprint density at radius 1 is 1.39 bits per heavy atom. The molecular formula is C13H19BO4. The summed E-state index contributed by atoms with van der Waals surface area (Å²) < 4.78 is 15.6. The van der Waals surface area contributed by atoms with Gasteiger partial charge in [-0.2, -0.15) is 0 Å². The minimum atomic E-state index is -0.368. The third kappa shape index (κ3) is 3.77. The molecule has 0 aliphatic heterocycles. The molecule has 1 atom stereocenters. The topological polar surface area (TPSA) is 44.8 Å². The number of carbonyl (C=O) groups excluding carboxylic acids is 1. The van der Waals surface area contributed by atoms with Crippen molar-refractivity contribution in [1.29, 1.82) is 0 Å². The summed E-state index contributed by atoms with van der Waals surface area (Å²) in [6.45, 7) is 4.03. The van der Waals surface area contributed by atoms with E-state index in [1.54, 1.807) is 19.2 Å². The molecule has 0 radical (unpaired) electrons. The lowest BCUT2D eigenvalue weighted by molar-refractivity contribution is 0.0600. The molecule has 0 N–H and O–H groups in total. The number of rotatable bonds is 6. The highest BCUT2D eigenvalue weighted by molar-refractivity contribution is 6.48. The van der Waals surface area contributed by atoms with E-state index in [4.69, 9.17) is 14.1 Å². The van der Waals surface area contributed by atoms with Crippen molar-refractivity contribution in [2.45, 2.75) is 26.4 Å². The van der Waals surface area contributed by atoms with Gasteiger partial charge in [-0.3, -0.25) is 0 Å². The molecule has 0 aliphatic carbocycles. The molecular weight excluding hydrogens is 231 g/mol. The van der Waals surface area contributed by atoms with Crippen molar-refractivity contribution in [2.24, 2.45) is 0 Å². The second-order valence-corrected chi connectivity index (χ2v) is 4.08. The van der Waals surface area contributed by atoms with Crippen LogP contribution in [0, 0.1) is 0 Å². The normalized spacial score (nSPS) is 11.8. The third-order valence-corrected chi connectivity index (χ3v) is 2.69. The lowest BCUT2D eigenvalue weighted by atomic mass is 9.86. The van der Waals surface area contributed by atoms with Gasteiger partial charge in [0.2, 0.25) is 0 Å². The van der Waals surface area contributed by atoms with Crippen LogP contribution in [-0.4, -0.2) is 33.8 Å². The van der Waals surface area contributed by atoms with Gasteiger partial charge in [0.05, 0.1) is 18.8 Å². The highest BCUT2D eigenvalue weighted by Gasteiger charge is 2.13. The Balaban J connectivity index is 3.02. The molecule has 0 saturated carbocycles. The van der Waals surface area contributed by atoms with Crippen LogP contribution in [0.5, 0.6) is 5.75 Å². The van der Waals surface area contributed by atoms with E-state index >= 15 is 0 Å². The molecule has 1 unspecified atom stereocenters. The molecule has 0 heterocycles. The van der Waals surface area contributed by atoms with E-state index in [-0.39, 0.29) is 12.1 Å². The molecule has 0 spiro atoms. The SMILES string of the molecule is CCC(C)Oc1cc(C(=O)OC)ccc1BOC. The van der Waals surface area contributed by atoms with Crippen LogP contribution in [0.1, 0.15) is 30.6 Å². The van der Waals surface area contributed by atoms with Gasteiger partial charge in [-0.15, -0.1) is 0 Å². The van der Waals surface area contributed by atoms with Crippen molar-refractivity contribution in [3.05, 3.63) is 23.8 Å². The smallest absolute Gasteiger partial charge is 0.337 e. The van der Waals surface area contributed by atoms with Crippen molar-refractivity contribution in [2.75, 3.05) is 14.2 Å². The summed E-state index contributed by atoms with van der Waals surface area (Å²) in [5, 5.41) is 0. The quantitative estimate of drug-likeness (QED) is 0.563. The number of benzene rings is 1. The van der Waals surface area contributed by atoms with Crippen LogP contribution < -0.4 is 10.2 Å². The Kier molecular flexibility index (Phi) is 5.72. The molecule has 0 saturated heterocycles. The number of esters is 1. The predicted octanol–water partition coefficient (Wildman–Crippen LogP) is 1.27. The molecule has 0 bridgehead atoms. The Morgan fingerprint density at radius 3 is 2.67 bits per heavy atom. The highest BCUT2D eigenvalue weighted by atomic mass is 16.5. The maximum atomic E-state index is 11.5. The van der Waals surface area contributed by atoms with E-state index in [0.717, 1.165) is 11.9 Å². The lowest BCUT2D eigenvalue weighted by Gasteiger charge is -2.16. The van der Waals surface area contributed by atoms with Crippen LogP contribution in [0.4, 0.5) is 0 Å². The van der Waals surface area contributed by atoms with Crippen LogP contribution in [0.3, 0.4) is 0 Å². The third-order valence-electron chi connectivity index (χ3n) is 2.69. The minimum absolute atomic E-state index is 0.0912. The number of carbonyl (C=O) groups is 1. The number of hydrogen-bond acceptors (Lipinski definition) is 4. The van der Waals surface area contributed by atoms with Gasteiger partial charge in [0.25, 0.3) is 0 Å². The van der Waals surface area contributed by atoms with Crippen molar-refractivity contribution in [1.82, 2.24) is 0 Å². The molecule has 1 aromatic carbocycles. The monoisotopic (exact) mass is 250 g/mol. The van der Waals surface area contributed by atoms with E-state index in [2.05, 4.69) is 0 Å². The summed E-state index contributed by atoms with van der Waals surface area (Å²) >= 11 is 0. The molecule has 18 heavy (non-hydrogen) atoms. The Hall–Kier alpha value is -1.49. The van der Waals surface area contributed by atoms with Gasteiger partial charge in [-0.05, 0) is 30.9 Å². The van der Waals surface area contributed by atoms with Gasteiger partial charge < -0.3 is 14.1 Å². The first-order chi connectivity index (χ1) is 8.62. The van der Waals surface area contributed by atoms with Gasteiger partial charge in [-0.25, -0.2) is 4.79 Å². The zero-order chi connectivity index (χ0) is 13.5. The lowest BCUT2D eigenvalue weighted by Crippen LogP contribution is -2.23. The highest BCUT2D eigenvalue weighted by Crippen LogP contribution is 2.14. The largest absolute Gasteiger partial charge is 0.491 e. The average Bonchev–Trinajstić information content (AvgIpc) is 2.39. The van der Waals surface area contributed by atoms with E-state index in [1.807, 2.05) is 19.9 Å². The summed E-state index contributed by atoms with van der Waals surface area (Å²) in [6, 6.07) is 5.24. The number of hydrogen-bond donors (Lipinski definition) is 0. The van der Waals surface area contributed by atoms with Crippen molar-refractivity contribution < 1.29 is 18.9 Å². The summed E-state index contributed by atoms with van der Waals surface area (Å²) in [4.78, 5) is 11.5. The first-order valence-corrected chi connectivity index (χ1v) is 5.99. The predicted molar refractivity (Wildman–Crippen MR) is 72.0 cm³/mol. The van der Waals surface area contributed by atoms with Crippen LogP contribution >= 0.6 is 0 Å². The molecule has 0 aliphatic rings. The van der Waals surface area contributed by atoms with Crippen molar-refractivity contribution in [3.8, 4) is 5.75 Å². The Labute approximate surface area is 109 Å². The minimum Gasteiger partial charge on any atom is -0.491 e. The van der Waals surface area contributed by atoms with Crippen molar-refractivity contribution in [3.63, 3.8) is 0 Å². The van der Waals surface area contributed by atoms with Gasteiger partial charge in [0.15, 0.2) is 0 Å². The van der Waals surface area contributed by atoms with Crippen LogP contribution in [0.25, 0.3) is 0 Å². The van der Waals surface area contributed by atoms with Crippen LogP contribution in [0.2, 0.25) is 0 Å². The summed E-state index contributed by atoms with van der Waals surface area (Å²) in [6.07, 6.45) is 0.989. The molecule has 0 fully saturated rings. The second kappa shape index (κ2) is 7.06. The van der Waals surface area contributed by atoms with Crippen molar-refractivity contribution >= 4 is 18.9 Å². The van der Waals surface area contributed by atoms with E-state index < -0.39 is 0 Å². The van der Waals surface area contributed by atoms with E-state index in [0.29, 0.717) is 18.8 Å². The summed E-state index contributed by atoms with van der Waals surface area (Å²) in [7, 11) is 3.44. The molecule has 98 valence electrons. The number of methoxy groups -OCH3 is 1. The zero-order valence-electron chi connectivity index (χ0n) is 11.4. The second-order valence-electron chi connectivity index (χ2n) is 4.08. The number of ether oxygens (including phenoxy) is 2. The average molecular weight is 250 g/mol. The molecule has 5 heteroatoms. The van der Waals surface area contributed by atoms with E-state index in [9.17, 15) is 4.79 Å². The summed E-state index contributed by atoms with van der Waals surface area (Å²) in [5.41, 5.74) is 1.40. The van der Waals surface area contributed by atoms with Gasteiger partial charge in [-0.1, -0.05) is 13.0 Å². The van der Waals surface area contributed by atoms with Crippen LogP contribution in [0.15, 0.2) is 18.2 Å². The first kappa shape index (κ1) is 14.6. The Morgan fingerprint density at radius 2 is 2.11 bits per heavy atom. The fourth-order valence-corrected chi connectivity index (χ4v) is 1.48. The maximum Gasteiger partial charge on any atom is 0.337 e. The molecule has 1 rings (SSSR count). The van der Waals surface area contributed by atoms with E-state index in [1.165, 1.54) is 7.11 Å². The zero-order valence-corrected chi connectivity index (χ0v) is 11.4. The molecule has 0 aromatic heterocycles. The first-order valence-electron chi connectivity index (χ1n) is 5.99. The van der Waals surface area contributed by atoms with Gasteiger partial charge in [0, 0.05) is 7.11 Å². The molecule has 0 amide bonds. The van der Waals surface area contributed by atoms with Crippen LogP contribution in [-0.2, 0) is 9.39 Å². The fourth-order valence-electron chi connectivity index (χ4n) is 1.48.